The topological polar surface area (TPSA) is 137 Å². The molecule has 1 aliphatic heterocycles. The highest BCUT2D eigenvalue weighted by molar-refractivity contribution is 7.89. The molecule has 32 heavy (non-hydrogen) atoms. The molecule has 0 unspecified atom stereocenters. The third-order valence-electron chi connectivity index (χ3n) is 5.19. The van der Waals surface area contributed by atoms with Gasteiger partial charge in [0.05, 0.1) is 17.6 Å². The average molecular weight is 458 g/mol. The number of nitrogens with two attached hydrogens (primary N) is 1. The maximum absolute atomic E-state index is 13.1. The van der Waals surface area contributed by atoms with Crippen LogP contribution < -0.4 is 15.4 Å². The molecule has 4 rings (SSSR count). The second kappa shape index (κ2) is 8.55. The Bertz CT molecular complexity index is 1240. The molecule has 12 heteroatoms. The number of carbonyl (C=O) groups is 1. The van der Waals surface area contributed by atoms with Crippen LogP contribution in [0, 0.1) is 6.92 Å². The van der Waals surface area contributed by atoms with Crippen molar-refractivity contribution in [2.24, 2.45) is 5.73 Å². The predicted molar refractivity (Wildman–Crippen MR) is 116 cm³/mol. The highest BCUT2D eigenvalue weighted by Crippen LogP contribution is 2.26. The lowest BCUT2D eigenvalue weighted by molar-refractivity contribution is 0.0997. The summed E-state index contributed by atoms with van der Waals surface area (Å²) in [5.41, 5.74) is 5.39. The van der Waals surface area contributed by atoms with Gasteiger partial charge >= 0.3 is 0 Å². The number of methoxy groups -OCH3 is 1. The SMILES string of the molecule is COc1ccc(S(=O)(=O)N2CCN(c3cc(-n4cccn4)nc(C)n3)CC2)cc1C(N)=O. The summed E-state index contributed by atoms with van der Waals surface area (Å²) in [6.07, 6.45) is 3.47. The standard InChI is InChI=1S/C20H23N7O4S/c1-14-23-18(13-19(24-14)27-7-3-6-22-27)25-8-10-26(11-9-25)32(29,30)15-4-5-17(31-2)16(12-15)20(21)28/h3-7,12-13H,8-11H2,1-2H3,(H2,21,28). The Labute approximate surface area is 185 Å². The largest absolute Gasteiger partial charge is 0.496 e. The zero-order valence-electron chi connectivity index (χ0n) is 17.7. The first kappa shape index (κ1) is 21.7. The molecule has 1 fully saturated rings. The fourth-order valence-corrected chi connectivity index (χ4v) is 5.02. The minimum Gasteiger partial charge on any atom is -0.496 e. The maximum Gasteiger partial charge on any atom is 0.252 e. The van der Waals surface area contributed by atoms with E-state index in [0.29, 0.717) is 30.5 Å². The van der Waals surface area contributed by atoms with Gasteiger partial charge in [-0.15, -0.1) is 0 Å². The normalized spacial score (nSPS) is 15.0. The molecule has 2 aromatic heterocycles. The lowest BCUT2D eigenvalue weighted by Crippen LogP contribution is -2.49. The molecule has 0 spiro atoms. The monoisotopic (exact) mass is 457 g/mol. The number of aromatic nitrogens is 4. The molecule has 3 aromatic rings. The van der Waals surface area contributed by atoms with Crippen LogP contribution in [0.1, 0.15) is 16.2 Å². The molecule has 2 N–H and O–H groups in total. The Morgan fingerprint density at radius 1 is 1.09 bits per heavy atom. The van der Waals surface area contributed by atoms with Gasteiger partial charge in [-0.1, -0.05) is 0 Å². The van der Waals surface area contributed by atoms with Crippen LogP contribution in [0.2, 0.25) is 0 Å². The van der Waals surface area contributed by atoms with Gasteiger partial charge in [-0.3, -0.25) is 4.79 Å². The third kappa shape index (κ3) is 4.14. The third-order valence-corrected chi connectivity index (χ3v) is 7.08. The van der Waals surface area contributed by atoms with Crippen molar-refractivity contribution in [2.75, 3.05) is 38.2 Å². The Morgan fingerprint density at radius 3 is 2.44 bits per heavy atom. The molecule has 1 amide bonds. The van der Waals surface area contributed by atoms with Gasteiger partial charge in [0, 0.05) is 44.6 Å². The van der Waals surface area contributed by atoms with Crippen LogP contribution in [0.25, 0.3) is 5.82 Å². The van der Waals surface area contributed by atoms with E-state index >= 15 is 0 Å². The number of rotatable bonds is 6. The molecule has 0 bridgehead atoms. The molecule has 3 heterocycles. The van der Waals surface area contributed by atoms with E-state index in [1.807, 2.05) is 17.0 Å². The summed E-state index contributed by atoms with van der Waals surface area (Å²) in [6.45, 7) is 3.23. The van der Waals surface area contributed by atoms with Crippen molar-refractivity contribution in [2.45, 2.75) is 11.8 Å². The minimum absolute atomic E-state index is 0.000557. The van der Waals surface area contributed by atoms with E-state index in [1.54, 1.807) is 24.0 Å². The number of nitrogens with zero attached hydrogens (tertiary/aromatic N) is 6. The Hall–Kier alpha value is -3.51. The van der Waals surface area contributed by atoms with Gasteiger partial charge < -0.3 is 15.4 Å². The van der Waals surface area contributed by atoms with Crippen molar-refractivity contribution in [1.82, 2.24) is 24.1 Å². The fraction of sp³-hybridized carbons (Fsp3) is 0.300. The van der Waals surface area contributed by atoms with Crippen LogP contribution >= 0.6 is 0 Å². The molecule has 1 aliphatic rings. The molecule has 168 valence electrons. The number of hydrogen-bond acceptors (Lipinski definition) is 8. The predicted octanol–water partition coefficient (Wildman–Crippen LogP) is 0.589. The molecule has 0 atom stereocenters. The number of aryl methyl sites for hydroxylation is 1. The average Bonchev–Trinajstić information content (AvgIpc) is 3.33. The van der Waals surface area contributed by atoms with E-state index in [9.17, 15) is 13.2 Å². The van der Waals surface area contributed by atoms with Gasteiger partial charge in [0.1, 0.15) is 17.4 Å². The summed E-state index contributed by atoms with van der Waals surface area (Å²) >= 11 is 0. The Kier molecular flexibility index (Phi) is 5.80. The van der Waals surface area contributed by atoms with E-state index in [-0.39, 0.29) is 29.3 Å². The smallest absolute Gasteiger partial charge is 0.252 e. The van der Waals surface area contributed by atoms with E-state index in [0.717, 1.165) is 0 Å². The number of benzene rings is 1. The molecular weight excluding hydrogens is 434 g/mol. The highest BCUT2D eigenvalue weighted by atomic mass is 32.2. The van der Waals surface area contributed by atoms with Gasteiger partial charge in [0.2, 0.25) is 10.0 Å². The van der Waals surface area contributed by atoms with Crippen LogP contribution in [-0.4, -0.2) is 71.7 Å². The first-order valence-corrected chi connectivity index (χ1v) is 11.3. The molecule has 0 radical (unpaired) electrons. The Morgan fingerprint density at radius 2 is 1.81 bits per heavy atom. The number of amides is 1. The van der Waals surface area contributed by atoms with Crippen molar-refractivity contribution in [3.05, 3.63) is 54.1 Å². The first-order chi connectivity index (χ1) is 15.3. The molecule has 1 saturated heterocycles. The molecule has 11 nitrogen and oxygen atoms in total. The number of anilines is 1. The van der Waals surface area contributed by atoms with Gasteiger partial charge in [-0.2, -0.15) is 9.40 Å². The molecule has 1 aromatic carbocycles. The zero-order chi connectivity index (χ0) is 22.9. The van der Waals surface area contributed by atoms with Gasteiger partial charge in [-0.05, 0) is 31.2 Å². The number of hydrogen-bond donors (Lipinski definition) is 1. The van der Waals surface area contributed by atoms with E-state index < -0.39 is 15.9 Å². The van der Waals surface area contributed by atoms with Gasteiger partial charge in [0.25, 0.3) is 5.91 Å². The summed E-state index contributed by atoms with van der Waals surface area (Å²) in [6, 6.07) is 7.74. The van der Waals surface area contributed by atoms with Crippen LogP contribution in [-0.2, 0) is 10.0 Å². The van der Waals surface area contributed by atoms with Crippen LogP contribution in [0.5, 0.6) is 5.75 Å². The first-order valence-electron chi connectivity index (χ1n) is 9.88. The number of sulfonamides is 1. The lowest BCUT2D eigenvalue weighted by atomic mass is 10.2. The zero-order valence-corrected chi connectivity index (χ0v) is 18.5. The number of ether oxygens (including phenoxy) is 1. The number of primary amides is 1. The quantitative estimate of drug-likeness (QED) is 0.568. The second-order valence-electron chi connectivity index (χ2n) is 7.20. The lowest BCUT2D eigenvalue weighted by Gasteiger charge is -2.34. The summed E-state index contributed by atoms with van der Waals surface area (Å²) in [5.74, 6) is 1.43. The maximum atomic E-state index is 13.1. The summed E-state index contributed by atoms with van der Waals surface area (Å²) in [4.78, 5) is 22.6. The summed E-state index contributed by atoms with van der Waals surface area (Å²) in [5, 5.41) is 4.20. The summed E-state index contributed by atoms with van der Waals surface area (Å²) < 4.78 is 34.4. The van der Waals surface area contributed by atoms with Crippen LogP contribution in [0.3, 0.4) is 0 Å². The van der Waals surface area contributed by atoms with E-state index in [2.05, 4.69) is 15.1 Å². The minimum atomic E-state index is -3.80. The highest BCUT2D eigenvalue weighted by Gasteiger charge is 2.30. The van der Waals surface area contributed by atoms with Crippen molar-refractivity contribution in [3.8, 4) is 11.6 Å². The van der Waals surface area contributed by atoms with Crippen molar-refractivity contribution in [3.63, 3.8) is 0 Å². The molecular formula is C20H23N7O4S. The van der Waals surface area contributed by atoms with Crippen molar-refractivity contribution in [1.29, 1.82) is 0 Å². The Balaban J connectivity index is 1.53. The van der Waals surface area contributed by atoms with Gasteiger partial charge in [-0.25, -0.2) is 23.1 Å². The van der Waals surface area contributed by atoms with E-state index in [4.69, 9.17) is 10.5 Å². The molecule has 0 saturated carbocycles. The summed E-state index contributed by atoms with van der Waals surface area (Å²) in [7, 11) is -2.41. The van der Waals surface area contributed by atoms with Crippen molar-refractivity contribution < 1.29 is 17.9 Å². The van der Waals surface area contributed by atoms with E-state index in [1.165, 1.54) is 29.6 Å². The fourth-order valence-electron chi connectivity index (χ4n) is 3.57. The van der Waals surface area contributed by atoms with Crippen LogP contribution in [0.15, 0.2) is 47.6 Å². The van der Waals surface area contributed by atoms with Gasteiger partial charge in [0.15, 0.2) is 5.82 Å². The van der Waals surface area contributed by atoms with Crippen LogP contribution in [0.4, 0.5) is 5.82 Å². The second-order valence-corrected chi connectivity index (χ2v) is 9.14. The number of carbonyl (C=O) groups excluding carboxylic acids is 1. The van der Waals surface area contributed by atoms with Crippen molar-refractivity contribution >= 4 is 21.7 Å². The molecule has 0 aliphatic carbocycles. The number of piperazine rings is 1.